The minimum Gasteiger partial charge on any atom is -0.444 e. The number of carbonyl (C=O) groups is 4. The standard InChI is InChI=1S/C25H31N3O5/c1-17(29)19-10-12-20(13-11-19)22(30)28-21(16-18-8-6-5-7-9-18)23(31)26-14-15-27-24(32)33-25(2,3)4/h5-13,21H,14-16H2,1-4H3,(H,26,31)(H,27,32)(H,28,30). The van der Waals surface area contributed by atoms with E-state index in [1.807, 2.05) is 30.3 Å². The summed E-state index contributed by atoms with van der Waals surface area (Å²) >= 11 is 0. The normalized spacial score (nSPS) is 11.8. The molecule has 3 amide bonds. The fraction of sp³-hybridized carbons (Fsp3) is 0.360. The smallest absolute Gasteiger partial charge is 0.407 e. The zero-order valence-electron chi connectivity index (χ0n) is 19.4. The number of carbonyl (C=O) groups excluding carboxylic acids is 4. The molecular formula is C25H31N3O5. The van der Waals surface area contributed by atoms with Gasteiger partial charge in [-0.05, 0) is 45.4 Å². The number of nitrogens with one attached hydrogen (secondary N) is 3. The van der Waals surface area contributed by atoms with Gasteiger partial charge in [-0.15, -0.1) is 0 Å². The van der Waals surface area contributed by atoms with E-state index in [1.54, 1.807) is 45.0 Å². The average molecular weight is 454 g/mol. The third-order valence-electron chi connectivity index (χ3n) is 4.55. The molecule has 2 aromatic carbocycles. The number of hydrogen-bond donors (Lipinski definition) is 3. The second kappa shape index (κ2) is 11.8. The van der Waals surface area contributed by atoms with Crippen molar-refractivity contribution in [3.63, 3.8) is 0 Å². The molecule has 0 saturated carbocycles. The first kappa shape index (κ1) is 25.6. The molecule has 1 unspecified atom stereocenters. The van der Waals surface area contributed by atoms with Gasteiger partial charge in [0.25, 0.3) is 5.91 Å². The maximum Gasteiger partial charge on any atom is 0.407 e. The van der Waals surface area contributed by atoms with Crippen LogP contribution in [-0.4, -0.2) is 48.4 Å². The van der Waals surface area contributed by atoms with Gasteiger partial charge in [-0.1, -0.05) is 42.5 Å². The molecule has 0 aliphatic carbocycles. The quantitative estimate of drug-likeness (QED) is 0.399. The Bertz CT molecular complexity index is 966. The van der Waals surface area contributed by atoms with E-state index in [4.69, 9.17) is 4.74 Å². The van der Waals surface area contributed by atoms with E-state index in [2.05, 4.69) is 16.0 Å². The van der Waals surface area contributed by atoms with Crippen molar-refractivity contribution < 1.29 is 23.9 Å². The molecule has 8 nitrogen and oxygen atoms in total. The van der Waals surface area contributed by atoms with Crippen molar-refractivity contribution in [3.05, 3.63) is 71.3 Å². The highest BCUT2D eigenvalue weighted by Crippen LogP contribution is 2.08. The summed E-state index contributed by atoms with van der Waals surface area (Å²) in [5, 5.41) is 8.07. The molecule has 0 aromatic heterocycles. The van der Waals surface area contributed by atoms with Crippen LogP contribution in [0.2, 0.25) is 0 Å². The predicted molar refractivity (Wildman–Crippen MR) is 125 cm³/mol. The SMILES string of the molecule is CC(=O)c1ccc(C(=O)NC(Cc2ccccc2)C(=O)NCCNC(=O)OC(C)(C)C)cc1. The zero-order chi connectivity index (χ0) is 24.4. The number of amides is 3. The molecule has 0 bridgehead atoms. The molecule has 0 fully saturated rings. The van der Waals surface area contributed by atoms with Crippen molar-refractivity contribution in [1.29, 1.82) is 0 Å². The minimum atomic E-state index is -0.825. The van der Waals surface area contributed by atoms with Crippen LogP contribution in [0.1, 0.15) is 54.0 Å². The molecule has 0 saturated heterocycles. The molecule has 0 radical (unpaired) electrons. The van der Waals surface area contributed by atoms with E-state index in [1.165, 1.54) is 6.92 Å². The summed E-state index contributed by atoms with van der Waals surface area (Å²) in [4.78, 5) is 48.7. The molecule has 8 heteroatoms. The van der Waals surface area contributed by atoms with Gasteiger partial charge in [-0.25, -0.2) is 4.79 Å². The number of rotatable bonds is 9. The summed E-state index contributed by atoms with van der Waals surface area (Å²) in [6.45, 7) is 7.09. The lowest BCUT2D eigenvalue weighted by atomic mass is 10.0. The molecule has 0 heterocycles. The van der Waals surface area contributed by atoms with E-state index in [0.29, 0.717) is 17.5 Å². The molecule has 33 heavy (non-hydrogen) atoms. The lowest BCUT2D eigenvalue weighted by molar-refractivity contribution is -0.122. The van der Waals surface area contributed by atoms with Gasteiger partial charge < -0.3 is 20.7 Å². The average Bonchev–Trinajstić information content (AvgIpc) is 2.75. The molecule has 0 aliphatic heterocycles. The first-order chi connectivity index (χ1) is 15.5. The Balaban J connectivity index is 1.99. The lowest BCUT2D eigenvalue weighted by Gasteiger charge is -2.20. The molecular weight excluding hydrogens is 422 g/mol. The van der Waals surface area contributed by atoms with Crippen molar-refractivity contribution in [3.8, 4) is 0 Å². The zero-order valence-corrected chi connectivity index (χ0v) is 19.4. The van der Waals surface area contributed by atoms with E-state index in [9.17, 15) is 19.2 Å². The van der Waals surface area contributed by atoms with Crippen LogP contribution in [0.15, 0.2) is 54.6 Å². The van der Waals surface area contributed by atoms with Crippen LogP contribution in [0.4, 0.5) is 4.79 Å². The third kappa shape index (κ3) is 9.14. The first-order valence-corrected chi connectivity index (χ1v) is 10.8. The van der Waals surface area contributed by atoms with Crippen LogP contribution in [-0.2, 0) is 16.0 Å². The highest BCUT2D eigenvalue weighted by molar-refractivity contribution is 5.99. The Morgan fingerprint density at radius 3 is 2.00 bits per heavy atom. The first-order valence-electron chi connectivity index (χ1n) is 10.8. The fourth-order valence-corrected chi connectivity index (χ4v) is 2.94. The molecule has 2 rings (SSSR count). The Hall–Kier alpha value is -3.68. The number of Topliss-reactive ketones (excluding diaryl/α,β-unsaturated/α-hetero) is 1. The molecule has 3 N–H and O–H groups in total. The fourth-order valence-electron chi connectivity index (χ4n) is 2.94. The van der Waals surface area contributed by atoms with E-state index >= 15 is 0 Å². The highest BCUT2D eigenvalue weighted by Gasteiger charge is 2.22. The van der Waals surface area contributed by atoms with Gasteiger partial charge in [0.2, 0.25) is 5.91 Å². The summed E-state index contributed by atoms with van der Waals surface area (Å²) in [5.74, 6) is -0.894. The van der Waals surface area contributed by atoms with E-state index in [-0.39, 0.29) is 24.8 Å². The number of ether oxygens (including phenoxy) is 1. The predicted octanol–water partition coefficient (Wildman–Crippen LogP) is 2.87. The Labute approximate surface area is 194 Å². The third-order valence-corrected chi connectivity index (χ3v) is 4.55. The van der Waals surface area contributed by atoms with Crippen LogP contribution >= 0.6 is 0 Å². The summed E-state index contributed by atoms with van der Waals surface area (Å²) in [7, 11) is 0. The van der Waals surface area contributed by atoms with Gasteiger partial charge in [0.05, 0.1) is 0 Å². The van der Waals surface area contributed by atoms with Crippen LogP contribution < -0.4 is 16.0 Å². The summed E-state index contributed by atoms with van der Waals surface area (Å²) < 4.78 is 5.16. The Kier molecular flexibility index (Phi) is 9.15. The second-order valence-corrected chi connectivity index (χ2v) is 8.57. The summed E-state index contributed by atoms with van der Waals surface area (Å²) in [6, 6.07) is 14.8. The summed E-state index contributed by atoms with van der Waals surface area (Å²) in [5.41, 5.74) is 1.12. The van der Waals surface area contributed by atoms with Crippen molar-refractivity contribution in [2.75, 3.05) is 13.1 Å². The van der Waals surface area contributed by atoms with Crippen LogP contribution in [0.3, 0.4) is 0 Å². The molecule has 1 atom stereocenters. The molecule has 176 valence electrons. The van der Waals surface area contributed by atoms with E-state index < -0.39 is 23.6 Å². The molecule has 0 spiro atoms. The van der Waals surface area contributed by atoms with Gasteiger partial charge >= 0.3 is 6.09 Å². The van der Waals surface area contributed by atoms with Gasteiger partial charge in [0.1, 0.15) is 11.6 Å². The molecule has 0 aliphatic rings. The van der Waals surface area contributed by atoms with Gasteiger partial charge in [-0.2, -0.15) is 0 Å². The largest absolute Gasteiger partial charge is 0.444 e. The lowest BCUT2D eigenvalue weighted by Crippen LogP contribution is -2.49. The second-order valence-electron chi connectivity index (χ2n) is 8.57. The molecule has 2 aromatic rings. The number of alkyl carbamates (subject to hydrolysis) is 1. The van der Waals surface area contributed by atoms with Gasteiger partial charge in [0, 0.05) is 30.6 Å². The van der Waals surface area contributed by atoms with Crippen molar-refractivity contribution in [2.24, 2.45) is 0 Å². The topological polar surface area (TPSA) is 114 Å². The number of hydrogen-bond acceptors (Lipinski definition) is 5. The van der Waals surface area contributed by atoms with Crippen molar-refractivity contribution >= 4 is 23.7 Å². The monoisotopic (exact) mass is 453 g/mol. The number of ketones is 1. The van der Waals surface area contributed by atoms with Crippen LogP contribution in [0, 0.1) is 0 Å². The summed E-state index contributed by atoms with van der Waals surface area (Å²) in [6.07, 6.45) is -0.274. The maximum absolute atomic E-state index is 12.8. The van der Waals surface area contributed by atoms with Gasteiger partial charge in [0.15, 0.2) is 5.78 Å². The van der Waals surface area contributed by atoms with E-state index in [0.717, 1.165) is 5.56 Å². The van der Waals surface area contributed by atoms with Crippen molar-refractivity contribution in [2.45, 2.75) is 45.8 Å². The maximum atomic E-state index is 12.8. The van der Waals surface area contributed by atoms with Gasteiger partial charge in [-0.3, -0.25) is 14.4 Å². The minimum absolute atomic E-state index is 0.0942. The highest BCUT2D eigenvalue weighted by atomic mass is 16.6. The van der Waals surface area contributed by atoms with Crippen LogP contribution in [0.25, 0.3) is 0 Å². The Morgan fingerprint density at radius 2 is 1.42 bits per heavy atom. The van der Waals surface area contributed by atoms with Crippen LogP contribution in [0.5, 0.6) is 0 Å². The number of benzene rings is 2. The van der Waals surface area contributed by atoms with Crippen molar-refractivity contribution in [1.82, 2.24) is 16.0 Å². The Morgan fingerprint density at radius 1 is 0.848 bits per heavy atom.